The summed E-state index contributed by atoms with van der Waals surface area (Å²) >= 11 is 2.48. The van der Waals surface area contributed by atoms with Gasteiger partial charge in [-0.15, -0.1) is 23.1 Å². The van der Waals surface area contributed by atoms with Crippen LogP contribution in [0.3, 0.4) is 0 Å². The van der Waals surface area contributed by atoms with E-state index in [1.165, 1.54) is 23.1 Å². The van der Waals surface area contributed by atoms with E-state index in [4.69, 9.17) is 10.4 Å². The van der Waals surface area contributed by atoms with E-state index in [1.807, 2.05) is 6.07 Å². The topological polar surface area (TPSA) is 90.2 Å². The molecule has 0 spiro atoms. The molecular formula is C10H10N2O3S2. The number of hydrogen-bond donors (Lipinski definition) is 2. The minimum absolute atomic E-state index is 0.00424. The third-order valence-electron chi connectivity index (χ3n) is 1.74. The molecule has 2 N–H and O–H groups in total. The van der Waals surface area contributed by atoms with Crippen LogP contribution < -0.4 is 5.32 Å². The largest absolute Gasteiger partial charge is 0.481 e. The molecule has 0 radical (unpaired) electrons. The van der Waals surface area contributed by atoms with Gasteiger partial charge in [0.05, 0.1) is 11.3 Å². The summed E-state index contributed by atoms with van der Waals surface area (Å²) in [6.45, 7) is 0. The minimum Gasteiger partial charge on any atom is -0.481 e. The molecule has 0 unspecified atom stereocenters. The van der Waals surface area contributed by atoms with Crippen molar-refractivity contribution in [2.24, 2.45) is 0 Å². The normalized spacial score (nSPS) is 9.59. The molecule has 0 aliphatic heterocycles. The lowest BCUT2D eigenvalue weighted by molar-refractivity contribution is -0.134. The van der Waals surface area contributed by atoms with Gasteiger partial charge in [0.15, 0.2) is 0 Å². The SMILES string of the molecule is N#Cc1ccsc1NC(=O)CCSCC(=O)O. The standard InChI is InChI=1S/C10H10N2O3S2/c11-5-7-1-4-17-10(7)12-8(13)2-3-16-6-9(14)15/h1,4H,2-3,6H2,(H,12,13)(H,14,15). The Labute approximate surface area is 106 Å². The fraction of sp³-hybridized carbons (Fsp3) is 0.300. The maximum absolute atomic E-state index is 11.4. The molecule has 1 aromatic heterocycles. The minimum atomic E-state index is -0.888. The summed E-state index contributed by atoms with van der Waals surface area (Å²) in [6.07, 6.45) is 0.237. The van der Waals surface area contributed by atoms with Crippen molar-refractivity contribution in [3.05, 3.63) is 17.0 Å². The Morgan fingerprint density at radius 3 is 3.00 bits per heavy atom. The number of nitrogens with zero attached hydrogens (tertiary/aromatic N) is 1. The molecule has 0 aromatic carbocycles. The summed E-state index contributed by atoms with van der Waals surface area (Å²) in [4.78, 5) is 21.7. The van der Waals surface area contributed by atoms with Crippen molar-refractivity contribution in [1.82, 2.24) is 0 Å². The second kappa shape index (κ2) is 6.93. The van der Waals surface area contributed by atoms with Crippen molar-refractivity contribution in [2.75, 3.05) is 16.8 Å². The van der Waals surface area contributed by atoms with Gasteiger partial charge in [0.1, 0.15) is 11.1 Å². The molecule has 1 heterocycles. The highest BCUT2D eigenvalue weighted by atomic mass is 32.2. The number of carboxylic acid groups (broad SMARTS) is 1. The van der Waals surface area contributed by atoms with Crippen LogP contribution in [-0.4, -0.2) is 28.5 Å². The Hall–Kier alpha value is -1.52. The maximum atomic E-state index is 11.4. The zero-order chi connectivity index (χ0) is 12.7. The van der Waals surface area contributed by atoms with Gasteiger partial charge in [-0.05, 0) is 11.4 Å². The van der Waals surface area contributed by atoms with Crippen molar-refractivity contribution < 1.29 is 14.7 Å². The van der Waals surface area contributed by atoms with E-state index < -0.39 is 5.97 Å². The molecule has 0 saturated heterocycles. The second-order valence-electron chi connectivity index (χ2n) is 3.02. The molecule has 7 heteroatoms. The number of nitrogens with one attached hydrogen (secondary N) is 1. The number of carbonyl (C=O) groups excluding carboxylic acids is 1. The monoisotopic (exact) mass is 270 g/mol. The number of amides is 1. The molecule has 0 aliphatic rings. The molecule has 0 bridgehead atoms. The van der Waals surface area contributed by atoms with Gasteiger partial charge in [-0.25, -0.2) is 0 Å². The predicted molar refractivity (Wildman–Crippen MR) is 67.2 cm³/mol. The van der Waals surface area contributed by atoms with Gasteiger partial charge in [0.2, 0.25) is 5.91 Å². The van der Waals surface area contributed by atoms with Crippen LogP contribution >= 0.6 is 23.1 Å². The molecule has 17 heavy (non-hydrogen) atoms. The van der Waals surface area contributed by atoms with Crippen LogP contribution in [-0.2, 0) is 9.59 Å². The average Bonchev–Trinajstić information content (AvgIpc) is 2.71. The Kier molecular flexibility index (Phi) is 5.52. The number of rotatable bonds is 6. The Morgan fingerprint density at radius 1 is 1.59 bits per heavy atom. The number of thiophene rings is 1. The smallest absolute Gasteiger partial charge is 0.313 e. The lowest BCUT2D eigenvalue weighted by Gasteiger charge is -2.02. The number of carbonyl (C=O) groups is 2. The Balaban J connectivity index is 2.31. The van der Waals surface area contributed by atoms with E-state index in [-0.39, 0.29) is 18.1 Å². The molecule has 0 saturated carbocycles. The van der Waals surface area contributed by atoms with Crippen LogP contribution in [0.15, 0.2) is 11.4 Å². The third kappa shape index (κ3) is 4.89. The van der Waals surface area contributed by atoms with Gasteiger partial charge in [0.25, 0.3) is 0 Å². The Bertz CT molecular complexity index is 451. The number of aliphatic carboxylic acids is 1. The third-order valence-corrected chi connectivity index (χ3v) is 3.51. The van der Waals surface area contributed by atoms with Gasteiger partial charge in [0, 0.05) is 12.2 Å². The molecule has 1 rings (SSSR count). The van der Waals surface area contributed by atoms with E-state index in [1.54, 1.807) is 11.4 Å². The lowest BCUT2D eigenvalue weighted by Crippen LogP contribution is -2.12. The van der Waals surface area contributed by atoms with Crippen molar-refractivity contribution in [2.45, 2.75) is 6.42 Å². The Morgan fingerprint density at radius 2 is 2.35 bits per heavy atom. The molecular weight excluding hydrogens is 260 g/mol. The highest BCUT2D eigenvalue weighted by Crippen LogP contribution is 2.22. The highest BCUT2D eigenvalue weighted by Gasteiger charge is 2.08. The lowest BCUT2D eigenvalue weighted by atomic mass is 10.3. The molecule has 5 nitrogen and oxygen atoms in total. The van der Waals surface area contributed by atoms with Crippen LogP contribution in [0.5, 0.6) is 0 Å². The van der Waals surface area contributed by atoms with E-state index in [2.05, 4.69) is 5.32 Å². The van der Waals surface area contributed by atoms with E-state index in [9.17, 15) is 9.59 Å². The number of nitriles is 1. The van der Waals surface area contributed by atoms with Gasteiger partial charge >= 0.3 is 5.97 Å². The summed E-state index contributed by atoms with van der Waals surface area (Å²) < 4.78 is 0. The van der Waals surface area contributed by atoms with Crippen LogP contribution in [0.4, 0.5) is 5.00 Å². The molecule has 0 atom stereocenters. The fourth-order valence-corrected chi connectivity index (χ4v) is 2.41. The first-order valence-electron chi connectivity index (χ1n) is 4.70. The summed E-state index contributed by atoms with van der Waals surface area (Å²) in [7, 11) is 0. The van der Waals surface area contributed by atoms with Gasteiger partial charge < -0.3 is 10.4 Å². The van der Waals surface area contributed by atoms with E-state index in [0.29, 0.717) is 16.3 Å². The molecule has 0 aliphatic carbocycles. The molecule has 0 fully saturated rings. The quantitative estimate of drug-likeness (QED) is 0.769. The van der Waals surface area contributed by atoms with Crippen LogP contribution in [0, 0.1) is 11.3 Å². The zero-order valence-corrected chi connectivity index (χ0v) is 10.4. The first-order chi connectivity index (χ1) is 8.13. The van der Waals surface area contributed by atoms with E-state index >= 15 is 0 Å². The zero-order valence-electron chi connectivity index (χ0n) is 8.80. The van der Waals surface area contributed by atoms with Crippen molar-refractivity contribution in [1.29, 1.82) is 5.26 Å². The first-order valence-corrected chi connectivity index (χ1v) is 6.74. The number of carboxylic acids is 1. The first kappa shape index (κ1) is 13.5. The molecule has 1 amide bonds. The summed E-state index contributed by atoms with van der Waals surface area (Å²) in [6, 6.07) is 3.61. The number of hydrogen-bond acceptors (Lipinski definition) is 5. The van der Waals surface area contributed by atoms with E-state index in [0.717, 1.165) is 0 Å². The fourth-order valence-electron chi connectivity index (χ4n) is 1.01. The highest BCUT2D eigenvalue weighted by molar-refractivity contribution is 7.99. The van der Waals surface area contributed by atoms with Crippen LogP contribution in [0.1, 0.15) is 12.0 Å². The number of thioether (sulfide) groups is 1. The van der Waals surface area contributed by atoms with Crippen molar-refractivity contribution in [3.63, 3.8) is 0 Å². The van der Waals surface area contributed by atoms with Crippen LogP contribution in [0.25, 0.3) is 0 Å². The maximum Gasteiger partial charge on any atom is 0.313 e. The second-order valence-corrected chi connectivity index (χ2v) is 5.04. The number of anilines is 1. The van der Waals surface area contributed by atoms with Gasteiger partial charge in [-0.1, -0.05) is 0 Å². The van der Waals surface area contributed by atoms with Crippen molar-refractivity contribution in [3.8, 4) is 6.07 Å². The summed E-state index contributed by atoms with van der Waals surface area (Å²) in [5.74, 6) is -0.650. The predicted octanol–water partition coefficient (Wildman–Crippen LogP) is 1.77. The summed E-state index contributed by atoms with van der Waals surface area (Å²) in [5, 5.41) is 22.0. The molecule has 1 aromatic rings. The van der Waals surface area contributed by atoms with Gasteiger partial charge in [-0.3, -0.25) is 9.59 Å². The van der Waals surface area contributed by atoms with Crippen molar-refractivity contribution >= 4 is 40.0 Å². The summed E-state index contributed by atoms with van der Waals surface area (Å²) in [5.41, 5.74) is 0.446. The molecule has 90 valence electrons. The van der Waals surface area contributed by atoms with Crippen LogP contribution in [0.2, 0.25) is 0 Å². The van der Waals surface area contributed by atoms with Gasteiger partial charge in [-0.2, -0.15) is 5.26 Å². The average molecular weight is 270 g/mol.